The predicted octanol–water partition coefficient (Wildman–Crippen LogP) is 2.51. The van der Waals surface area contributed by atoms with E-state index in [1.54, 1.807) is 27.7 Å². The molecule has 0 spiro atoms. The van der Waals surface area contributed by atoms with Gasteiger partial charge in [0.15, 0.2) is 0 Å². The number of carbonyl (C=O) groups excluding carboxylic acids is 2. The summed E-state index contributed by atoms with van der Waals surface area (Å²) in [4.78, 5) is 23.5. The SMILES string of the molecule is CCOC(=O)C(/C=C/C(=O)OC(C)(C)C)=C1\CCCO1. The Hall–Kier alpha value is -1.78. The van der Waals surface area contributed by atoms with Gasteiger partial charge in [0.05, 0.1) is 18.8 Å². The van der Waals surface area contributed by atoms with Crippen LogP contribution >= 0.6 is 0 Å². The molecule has 1 aliphatic rings. The van der Waals surface area contributed by atoms with E-state index in [9.17, 15) is 9.59 Å². The van der Waals surface area contributed by atoms with Gasteiger partial charge < -0.3 is 14.2 Å². The zero-order chi connectivity index (χ0) is 15.2. The maximum atomic E-state index is 11.9. The molecule has 1 aliphatic heterocycles. The lowest BCUT2D eigenvalue weighted by Gasteiger charge is -2.18. The smallest absolute Gasteiger partial charge is 0.341 e. The molecule has 0 radical (unpaired) electrons. The molecule has 1 saturated heterocycles. The van der Waals surface area contributed by atoms with E-state index in [2.05, 4.69) is 0 Å². The Morgan fingerprint density at radius 3 is 2.50 bits per heavy atom. The van der Waals surface area contributed by atoms with E-state index >= 15 is 0 Å². The van der Waals surface area contributed by atoms with Gasteiger partial charge >= 0.3 is 11.9 Å². The third-order valence-corrected chi connectivity index (χ3v) is 2.41. The first kappa shape index (κ1) is 16.3. The van der Waals surface area contributed by atoms with Gasteiger partial charge in [-0.1, -0.05) is 0 Å². The van der Waals surface area contributed by atoms with Gasteiger partial charge in [-0.25, -0.2) is 9.59 Å². The summed E-state index contributed by atoms with van der Waals surface area (Å²) in [6.07, 6.45) is 4.17. The van der Waals surface area contributed by atoms with Crippen LogP contribution in [0.1, 0.15) is 40.5 Å². The molecule has 0 unspecified atom stereocenters. The fourth-order valence-electron chi connectivity index (χ4n) is 1.68. The van der Waals surface area contributed by atoms with Gasteiger partial charge in [0.2, 0.25) is 0 Å². The fourth-order valence-corrected chi connectivity index (χ4v) is 1.68. The lowest BCUT2D eigenvalue weighted by Crippen LogP contribution is -2.22. The summed E-state index contributed by atoms with van der Waals surface area (Å²) < 4.78 is 15.5. The molecule has 5 heteroatoms. The van der Waals surface area contributed by atoms with Crippen molar-refractivity contribution in [3.8, 4) is 0 Å². The van der Waals surface area contributed by atoms with Crippen molar-refractivity contribution in [1.29, 1.82) is 0 Å². The number of rotatable bonds is 4. The summed E-state index contributed by atoms with van der Waals surface area (Å²) >= 11 is 0. The minimum Gasteiger partial charge on any atom is -0.497 e. The molecule has 20 heavy (non-hydrogen) atoms. The van der Waals surface area contributed by atoms with Gasteiger partial charge in [0.25, 0.3) is 0 Å². The summed E-state index contributed by atoms with van der Waals surface area (Å²) in [5, 5.41) is 0. The van der Waals surface area contributed by atoms with Crippen LogP contribution in [0.2, 0.25) is 0 Å². The summed E-state index contributed by atoms with van der Waals surface area (Å²) in [6, 6.07) is 0. The molecule has 0 amide bonds. The monoisotopic (exact) mass is 282 g/mol. The Labute approximate surface area is 119 Å². The van der Waals surface area contributed by atoms with Crippen molar-refractivity contribution < 1.29 is 23.8 Å². The Balaban J connectivity index is 2.83. The van der Waals surface area contributed by atoms with Crippen molar-refractivity contribution in [2.24, 2.45) is 0 Å². The molecule has 1 fully saturated rings. The van der Waals surface area contributed by atoms with Crippen LogP contribution in [0.15, 0.2) is 23.5 Å². The molecule has 1 rings (SSSR count). The van der Waals surface area contributed by atoms with E-state index in [0.29, 0.717) is 18.8 Å². The van der Waals surface area contributed by atoms with Gasteiger partial charge in [-0.15, -0.1) is 0 Å². The van der Waals surface area contributed by atoms with Crippen molar-refractivity contribution in [2.75, 3.05) is 13.2 Å². The van der Waals surface area contributed by atoms with Crippen LogP contribution < -0.4 is 0 Å². The highest BCUT2D eigenvalue weighted by atomic mass is 16.6. The number of hydrogen-bond acceptors (Lipinski definition) is 5. The average molecular weight is 282 g/mol. The van der Waals surface area contributed by atoms with Crippen molar-refractivity contribution >= 4 is 11.9 Å². The first-order valence-corrected chi connectivity index (χ1v) is 6.77. The van der Waals surface area contributed by atoms with Gasteiger partial charge in [0, 0.05) is 12.5 Å². The zero-order valence-electron chi connectivity index (χ0n) is 12.5. The maximum Gasteiger partial charge on any atom is 0.341 e. The minimum absolute atomic E-state index is 0.274. The molecule has 0 atom stereocenters. The largest absolute Gasteiger partial charge is 0.497 e. The molecule has 0 N–H and O–H groups in total. The number of esters is 2. The molecule has 0 aromatic carbocycles. The standard InChI is InChI=1S/C15H22O5/c1-5-18-14(17)11(12-7-6-10-19-12)8-9-13(16)20-15(2,3)4/h8-9H,5-7,10H2,1-4H3/b9-8+,12-11+. The van der Waals surface area contributed by atoms with E-state index in [1.165, 1.54) is 12.2 Å². The maximum absolute atomic E-state index is 11.9. The molecule has 0 aromatic rings. The Bertz CT molecular complexity index is 418. The molecule has 0 aromatic heterocycles. The third-order valence-electron chi connectivity index (χ3n) is 2.41. The van der Waals surface area contributed by atoms with Gasteiger partial charge in [0.1, 0.15) is 11.4 Å². The van der Waals surface area contributed by atoms with Crippen LogP contribution in [-0.4, -0.2) is 30.8 Å². The summed E-state index contributed by atoms with van der Waals surface area (Å²) in [5.74, 6) is -0.412. The molecular weight excluding hydrogens is 260 g/mol. The second kappa shape index (κ2) is 7.12. The lowest BCUT2D eigenvalue weighted by molar-refractivity contribution is -0.148. The highest BCUT2D eigenvalue weighted by molar-refractivity contribution is 5.94. The molecular formula is C15H22O5. The molecule has 1 heterocycles. The fraction of sp³-hybridized carbons (Fsp3) is 0.600. The van der Waals surface area contributed by atoms with Crippen LogP contribution in [0.25, 0.3) is 0 Å². The van der Waals surface area contributed by atoms with Gasteiger partial charge in [-0.3, -0.25) is 0 Å². The second-order valence-electron chi connectivity index (χ2n) is 5.38. The van der Waals surface area contributed by atoms with Gasteiger partial charge in [-0.05, 0) is 40.2 Å². The predicted molar refractivity (Wildman–Crippen MR) is 73.8 cm³/mol. The van der Waals surface area contributed by atoms with E-state index in [4.69, 9.17) is 14.2 Å². The molecule has 5 nitrogen and oxygen atoms in total. The van der Waals surface area contributed by atoms with Crippen LogP contribution in [0.3, 0.4) is 0 Å². The van der Waals surface area contributed by atoms with Crippen LogP contribution in [0.4, 0.5) is 0 Å². The van der Waals surface area contributed by atoms with Crippen molar-refractivity contribution in [3.63, 3.8) is 0 Å². The van der Waals surface area contributed by atoms with Crippen LogP contribution in [-0.2, 0) is 23.8 Å². The van der Waals surface area contributed by atoms with Crippen LogP contribution in [0, 0.1) is 0 Å². The van der Waals surface area contributed by atoms with E-state index in [0.717, 1.165) is 6.42 Å². The summed E-state index contributed by atoms with van der Waals surface area (Å²) in [7, 11) is 0. The zero-order valence-corrected chi connectivity index (χ0v) is 12.5. The van der Waals surface area contributed by atoms with E-state index in [-0.39, 0.29) is 12.2 Å². The van der Waals surface area contributed by atoms with Crippen molar-refractivity contribution in [2.45, 2.75) is 46.1 Å². The number of hydrogen-bond donors (Lipinski definition) is 0. The first-order valence-electron chi connectivity index (χ1n) is 6.77. The third kappa shape index (κ3) is 5.47. The topological polar surface area (TPSA) is 61.8 Å². The minimum atomic E-state index is -0.567. The second-order valence-corrected chi connectivity index (χ2v) is 5.38. The normalized spacial score (nSPS) is 17.8. The Kier molecular flexibility index (Phi) is 5.80. The van der Waals surface area contributed by atoms with Crippen LogP contribution in [0.5, 0.6) is 0 Å². The molecule has 0 aliphatic carbocycles. The van der Waals surface area contributed by atoms with E-state index in [1.807, 2.05) is 0 Å². The quantitative estimate of drug-likeness (QED) is 0.585. The summed E-state index contributed by atoms with van der Waals surface area (Å²) in [6.45, 7) is 7.93. The summed E-state index contributed by atoms with van der Waals surface area (Å²) in [5.41, 5.74) is -0.280. The molecule has 0 saturated carbocycles. The van der Waals surface area contributed by atoms with Crippen molar-refractivity contribution in [1.82, 2.24) is 0 Å². The number of ether oxygens (including phenoxy) is 3. The molecule has 112 valence electrons. The number of allylic oxidation sites excluding steroid dienone is 1. The average Bonchev–Trinajstić information content (AvgIpc) is 2.80. The van der Waals surface area contributed by atoms with E-state index < -0.39 is 17.5 Å². The Morgan fingerprint density at radius 1 is 1.30 bits per heavy atom. The highest BCUT2D eigenvalue weighted by Gasteiger charge is 2.20. The lowest BCUT2D eigenvalue weighted by atomic mass is 10.1. The Morgan fingerprint density at radius 2 is 2.00 bits per heavy atom. The number of carbonyl (C=O) groups is 2. The first-order chi connectivity index (χ1) is 9.33. The van der Waals surface area contributed by atoms with Gasteiger partial charge in [-0.2, -0.15) is 0 Å². The molecule has 0 bridgehead atoms. The van der Waals surface area contributed by atoms with Crippen molar-refractivity contribution in [3.05, 3.63) is 23.5 Å². The highest BCUT2D eigenvalue weighted by Crippen LogP contribution is 2.22.